The number of carbonyl (C=O) groups is 3. The van der Waals surface area contributed by atoms with Crippen molar-refractivity contribution in [2.24, 2.45) is 5.92 Å². The topological polar surface area (TPSA) is 112 Å². The minimum atomic E-state index is -1.17. The van der Waals surface area contributed by atoms with Gasteiger partial charge in [-0.25, -0.2) is 4.79 Å². The molecule has 2 unspecified atom stereocenters. The zero-order chi connectivity index (χ0) is 28.6. The van der Waals surface area contributed by atoms with Gasteiger partial charge in [0, 0.05) is 11.3 Å². The summed E-state index contributed by atoms with van der Waals surface area (Å²) in [5, 5.41) is 15.2. The second-order valence-corrected chi connectivity index (χ2v) is 10.4. The Kier molecular flexibility index (Phi) is 10.1. The number of para-hydroxylation sites is 1. The van der Waals surface area contributed by atoms with Crippen LogP contribution in [-0.4, -0.2) is 41.0 Å². The first kappa shape index (κ1) is 29.9. The van der Waals surface area contributed by atoms with E-state index in [0.29, 0.717) is 16.8 Å². The highest BCUT2D eigenvalue weighted by Crippen LogP contribution is 2.27. The van der Waals surface area contributed by atoms with Crippen LogP contribution in [0.5, 0.6) is 0 Å². The predicted molar refractivity (Wildman–Crippen MR) is 147 cm³/mol. The summed E-state index contributed by atoms with van der Waals surface area (Å²) >= 11 is 0. The zero-order valence-corrected chi connectivity index (χ0v) is 23.1. The van der Waals surface area contributed by atoms with E-state index in [1.807, 2.05) is 38.1 Å². The normalized spacial score (nSPS) is 12.5. The number of rotatable bonds is 8. The Labute approximate surface area is 225 Å². The quantitative estimate of drug-likeness (QED) is 0.384. The number of nitrogens with one attached hydrogen (secondary N) is 2. The number of carbonyl (C=O) groups excluding carboxylic acids is 3. The van der Waals surface area contributed by atoms with Gasteiger partial charge in [0.05, 0.1) is 6.07 Å². The lowest BCUT2D eigenvalue weighted by Gasteiger charge is -2.34. The van der Waals surface area contributed by atoms with E-state index in [1.54, 1.807) is 58.9 Å². The van der Waals surface area contributed by atoms with Gasteiger partial charge in [0.25, 0.3) is 5.91 Å². The molecule has 0 bridgehead atoms. The van der Waals surface area contributed by atoms with Crippen LogP contribution in [0.1, 0.15) is 62.9 Å². The van der Waals surface area contributed by atoms with Crippen molar-refractivity contribution in [3.63, 3.8) is 0 Å². The molecule has 0 saturated heterocycles. The third kappa shape index (κ3) is 7.85. The van der Waals surface area contributed by atoms with Crippen LogP contribution in [0.2, 0.25) is 0 Å². The number of ether oxygens (including phenoxy) is 1. The van der Waals surface area contributed by atoms with Gasteiger partial charge >= 0.3 is 6.09 Å². The Morgan fingerprint density at radius 1 is 1.05 bits per heavy atom. The maximum absolute atomic E-state index is 13.9. The number of anilines is 1. The van der Waals surface area contributed by atoms with Gasteiger partial charge in [-0.15, -0.1) is 6.42 Å². The van der Waals surface area contributed by atoms with Crippen LogP contribution in [0.15, 0.2) is 42.5 Å². The first-order valence-electron chi connectivity index (χ1n) is 12.4. The van der Waals surface area contributed by atoms with Gasteiger partial charge in [-0.2, -0.15) is 5.26 Å². The molecule has 0 fully saturated rings. The van der Waals surface area contributed by atoms with Crippen molar-refractivity contribution in [3.05, 3.63) is 64.7 Å². The van der Waals surface area contributed by atoms with E-state index in [0.717, 1.165) is 11.1 Å². The Balaban J connectivity index is 2.56. The van der Waals surface area contributed by atoms with Gasteiger partial charge in [0.2, 0.25) is 5.91 Å². The lowest BCUT2D eigenvalue weighted by Crippen LogP contribution is -2.54. The molecule has 2 N–H and O–H groups in total. The molecule has 0 aliphatic carbocycles. The number of alkyl carbamates (subject to hydrolysis) is 1. The number of aryl methyl sites for hydroxylation is 2. The van der Waals surface area contributed by atoms with Crippen molar-refractivity contribution in [1.29, 1.82) is 5.26 Å². The number of benzene rings is 2. The van der Waals surface area contributed by atoms with Crippen LogP contribution in [-0.2, 0) is 14.3 Å². The molecule has 8 nitrogen and oxygen atoms in total. The highest BCUT2D eigenvalue weighted by atomic mass is 16.6. The van der Waals surface area contributed by atoms with Crippen LogP contribution in [0.4, 0.5) is 10.5 Å². The molecule has 0 saturated carbocycles. The molecule has 0 heterocycles. The van der Waals surface area contributed by atoms with Crippen molar-refractivity contribution in [2.45, 2.75) is 66.2 Å². The Morgan fingerprint density at radius 2 is 1.63 bits per heavy atom. The largest absolute Gasteiger partial charge is 0.444 e. The summed E-state index contributed by atoms with van der Waals surface area (Å²) in [5.74, 6) is 1.09. The monoisotopic (exact) mass is 516 g/mol. The molecule has 0 aliphatic rings. The summed E-state index contributed by atoms with van der Waals surface area (Å²) in [6.07, 6.45) is 4.73. The van der Waals surface area contributed by atoms with Crippen molar-refractivity contribution in [3.8, 4) is 18.4 Å². The summed E-state index contributed by atoms with van der Waals surface area (Å²) < 4.78 is 5.35. The molecule has 200 valence electrons. The average molecular weight is 517 g/mol. The maximum Gasteiger partial charge on any atom is 0.408 e. The Morgan fingerprint density at radius 3 is 2.11 bits per heavy atom. The molecule has 0 spiro atoms. The number of nitrogens with zero attached hydrogens (tertiary/aromatic N) is 2. The lowest BCUT2D eigenvalue weighted by atomic mass is 9.98. The number of terminal acetylenes is 1. The highest BCUT2D eigenvalue weighted by Gasteiger charge is 2.37. The van der Waals surface area contributed by atoms with Crippen molar-refractivity contribution in [2.75, 3.05) is 11.9 Å². The van der Waals surface area contributed by atoms with E-state index in [4.69, 9.17) is 11.2 Å². The van der Waals surface area contributed by atoms with Crippen molar-refractivity contribution < 1.29 is 19.1 Å². The average Bonchev–Trinajstić information content (AvgIpc) is 2.83. The fourth-order valence-electron chi connectivity index (χ4n) is 3.94. The SMILES string of the molecule is C#Cc1ccc(C(C(=O)Nc2c(C)cccc2C)N(CC#N)C(=O)C(NC(=O)OC(C)(C)C)C(C)C)cc1. The minimum Gasteiger partial charge on any atom is -0.444 e. The molecule has 3 amide bonds. The minimum absolute atomic E-state index is 0.359. The smallest absolute Gasteiger partial charge is 0.408 e. The Hall–Kier alpha value is -4.30. The second-order valence-electron chi connectivity index (χ2n) is 10.4. The van der Waals surface area contributed by atoms with Gasteiger partial charge in [0.15, 0.2) is 0 Å². The van der Waals surface area contributed by atoms with Gasteiger partial charge in [-0.05, 0) is 69.4 Å². The first-order chi connectivity index (χ1) is 17.8. The van der Waals surface area contributed by atoms with Gasteiger partial charge in [0.1, 0.15) is 24.2 Å². The van der Waals surface area contributed by atoms with E-state index in [-0.39, 0.29) is 12.5 Å². The summed E-state index contributed by atoms with van der Waals surface area (Å²) in [4.78, 5) is 41.5. The maximum atomic E-state index is 13.9. The number of nitriles is 1. The molecule has 2 atom stereocenters. The van der Waals surface area contributed by atoms with E-state index in [9.17, 15) is 19.6 Å². The molecule has 8 heteroatoms. The van der Waals surface area contributed by atoms with E-state index in [1.165, 1.54) is 4.90 Å². The van der Waals surface area contributed by atoms with Gasteiger partial charge in [-0.3, -0.25) is 9.59 Å². The molecule has 2 rings (SSSR count). The summed E-state index contributed by atoms with van der Waals surface area (Å²) in [6, 6.07) is 12.1. The molecule has 0 aromatic heterocycles. The number of hydrogen-bond donors (Lipinski definition) is 2. The molecule has 2 aromatic carbocycles. The third-order valence-corrected chi connectivity index (χ3v) is 5.81. The van der Waals surface area contributed by atoms with Crippen LogP contribution >= 0.6 is 0 Å². The van der Waals surface area contributed by atoms with Crippen LogP contribution in [0, 0.1) is 43.4 Å². The van der Waals surface area contributed by atoms with Crippen LogP contribution in [0.25, 0.3) is 0 Å². The Bertz CT molecular complexity index is 1230. The standard InChI is InChI=1S/C30H36N4O4/c1-9-22-13-15-23(16-14-22)26(27(35)32-25-20(4)11-10-12-21(25)5)34(18-17-31)28(36)24(19(2)3)33-29(37)38-30(6,7)8/h1,10-16,19,24,26H,18H2,2-8H3,(H,32,35)(H,33,37). The van der Waals surface area contributed by atoms with Crippen molar-refractivity contribution in [1.82, 2.24) is 10.2 Å². The van der Waals surface area contributed by atoms with Crippen LogP contribution in [0.3, 0.4) is 0 Å². The summed E-state index contributed by atoms with van der Waals surface area (Å²) in [5.41, 5.74) is 2.63. The fourth-order valence-corrected chi connectivity index (χ4v) is 3.94. The second kappa shape index (κ2) is 12.8. The fraction of sp³-hybridized carbons (Fsp3) is 0.400. The van der Waals surface area contributed by atoms with Gasteiger partial charge < -0.3 is 20.3 Å². The molecule has 0 radical (unpaired) electrons. The zero-order valence-electron chi connectivity index (χ0n) is 23.1. The number of amides is 3. The molecular formula is C30H36N4O4. The van der Waals surface area contributed by atoms with Crippen molar-refractivity contribution >= 4 is 23.6 Å². The van der Waals surface area contributed by atoms with E-state index in [2.05, 4.69) is 16.6 Å². The first-order valence-corrected chi connectivity index (χ1v) is 12.4. The van der Waals surface area contributed by atoms with Gasteiger partial charge in [-0.1, -0.05) is 50.1 Å². The third-order valence-electron chi connectivity index (χ3n) is 5.81. The molecule has 0 aliphatic heterocycles. The molecule has 38 heavy (non-hydrogen) atoms. The van der Waals surface area contributed by atoms with Crippen LogP contribution < -0.4 is 10.6 Å². The van der Waals surface area contributed by atoms with E-state index < -0.39 is 35.6 Å². The predicted octanol–water partition coefficient (Wildman–Crippen LogP) is 4.87. The summed E-state index contributed by atoms with van der Waals surface area (Å²) in [7, 11) is 0. The lowest BCUT2D eigenvalue weighted by molar-refractivity contribution is -0.140. The molecular weight excluding hydrogens is 480 g/mol. The molecule has 2 aromatic rings. The summed E-state index contributed by atoms with van der Waals surface area (Å²) in [6.45, 7) is 12.0. The number of hydrogen-bond acceptors (Lipinski definition) is 5. The van der Waals surface area contributed by atoms with E-state index >= 15 is 0 Å². The highest BCUT2D eigenvalue weighted by molar-refractivity contribution is 6.00.